The minimum Gasteiger partial charge on any atom is -0.494 e. The van der Waals surface area contributed by atoms with Crippen LogP contribution in [0.2, 0.25) is 0 Å². The molecule has 0 spiro atoms. The Hall–Kier alpha value is -1.02. The van der Waals surface area contributed by atoms with E-state index in [-0.39, 0.29) is 0 Å². The summed E-state index contributed by atoms with van der Waals surface area (Å²) in [7, 11) is 1.78. The van der Waals surface area contributed by atoms with Gasteiger partial charge in [-0.2, -0.15) is 0 Å². The molecule has 0 unspecified atom stereocenters. The van der Waals surface area contributed by atoms with Gasteiger partial charge in [-0.05, 0) is 42.9 Å². The van der Waals surface area contributed by atoms with Crippen molar-refractivity contribution in [1.29, 1.82) is 0 Å². The summed E-state index contributed by atoms with van der Waals surface area (Å²) in [6.07, 6.45) is 11.8. The topological polar surface area (TPSA) is 18.5 Å². The first-order valence-corrected chi connectivity index (χ1v) is 9.50. The fourth-order valence-corrected chi connectivity index (χ4v) is 2.61. The fourth-order valence-electron chi connectivity index (χ4n) is 2.61. The Kier molecular flexibility index (Phi) is 11.7. The molecule has 1 aliphatic rings. The normalized spacial score (nSPS) is 13.9. The van der Waals surface area contributed by atoms with Crippen molar-refractivity contribution < 1.29 is 9.47 Å². The Morgan fingerprint density at radius 3 is 2.22 bits per heavy atom. The number of hydrogen-bond donors (Lipinski definition) is 0. The Morgan fingerprint density at radius 1 is 0.957 bits per heavy atom. The number of unbranched alkanes of at least 4 members (excludes halogenated alkanes) is 3. The summed E-state index contributed by atoms with van der Waals surface area (Å²) >= 11 is 0. The van der Waals surface area contributed by atoms with Crippen LogP contribution in [0.4, 0.5) is 0 Å². The third-order valence-electron chi connectivity index (χ3n) is 4.55. The highest BCUT2D eigenvalue weighted by atomic mass is 16.5. The molecule has 0 aromatic heterocycles. The lowest BCUT2D eigenvalue weighted by Gasteiger charge is -2.24. The lowest BCUT2D eigenvalue weighted by Crippen LogP contribution is -2.12. The maximum atomic E-state index is 5.65. The minimum absolute atomic E-state index is 0.853. The van der Waals surface area contributed by atoms with Gasteiger partial charge in [0, 0.05) is 13.7 Å². The monoisotopic (exact) mass is 320 g/mol. The van der Waals surface area contributed by atoms with Crippen LogP contribution in [0.1, 0.15) is 70.8 Å². The highest BCUT2D eigenvalue weighted by Gasteiger charge is 2.15. The molecule has 1 aromatic rings. The van der Waals surface area contributed by atoms with Crippen molar-refractivity contribution in [2.24, 2.45) is 5.92 Å². The van der Waals surface area contributed by atoms with Crippen molar-refractivity contribution in [3.05, 3.63) is 29.8 Å². The van der Waals surface area contributed by atoms with Crippen molar-refractivity contribution in [3.63, 3.8) is 0 Å². The van der Waals surface area contributed by atoms with Gasteiger partial charge in [0.2, 0.25) is 0 Å². The van der Waals surface area contributed by atoms with Crippen LogP contribution in [0.3, 0.4) is 0 Å². The summed E-state index contributed by atoms with van der Waals surface area (Å²) in [5.41, 5.74) is 1.37. The van der Waals surface area contributed by atoms with Gasteiger partial charge < -0.3 is 9.47 Å². The second-order valence-corrected chi connectivity index (χ2v) is 6.49. The van der Waals surface area contributed by atoms with Crippen LogP contribution in [-0.2, 0) is 11.2 Å². The molecule has 0 heterocycles. The van der Waals surface area contributed by atoms with E-state index in [1.54, 1.807) is 7.11 Å². The first-order valence-electron chi connectivity index (χ1n) is 9.50. The Bertz CT molecular complexity index is 368. The molecule has 0 saturated heterocycles. The average Bonchev–Trinajstić information content (AvgIpc) is 2.55. The van der Waals surface area contributed by atoms with E-state index < -0.39 is 0 Å². The van der Waals surface area contributed by atoms with E-state index in [0.717, 1.165) is 31.3 Å². The third-order valence-corrected chi connectivity index (χ3v) is 4.55. The van der Waals surface area contributed by atoms with E-state index in [9.17, 15) is 0 Å². The summed E-state index contributed by atoms with van der Waals surface area (Å²) < 4.78 is 10.6. The molecule has 23 heavy (non-hydrogen) atoms. The van der Waals surface area contributed by atoms with Gasteiger partial charge in [0.15, 0.2) is 0 Å². The van der Waals surface area contributed by atoms with Gasteiger partial charge in [0.05, 0.1) is 6.61 Å². The smallest absolute Gasteiger partial charge is 0.119 e. The predicted octanol–water partition coefficient (Wildman–Crippen LogP) is 6.03. The Balaban J connectivity index is 0.000000277. The number of methoxy groups -OCH3 is 1. The lowest BCUT2D eigenvalue weighted by atomic mass is 9.83. The number of aryl methyl sites for hydroxylation is 1. The maximum Gasteiger partial charge on any atom is 0.119 e. The summed E-state index contributed by atoms with van der Waals surface area (Å²) in [5.74, 6) is 2.01. The standard InChI is InChI=1S/C14H22O.C7H14O/c1-3-5-6-7-12-15-14-10-8-13(4-2)9-11-14;1-8-6-5-7-3-2-4-7/h8-11H,3-7,12H2,1-2H3;7H,2-6H2,1H3. The SMILES string of the molecule is CCCCCCOc1ccc(CC)cc1.COCCC1CCC1. The fraction of sp³-hybridized carbons (Fsp3) is 0.714. The molecule has 2 nitrogen and oxygen atoms in total. The molecule has 0 atom stereocenters. The first-order chi connectivity index (χ1) is 11.3. The van der Waals surface area contributed by atoms with Crippen molar-refractivity contribution in [2.75, 3.05) is 20.3 Å². The van der Waals surface area contributed by atoms with Crippen LogP contribution in [0, 0.1) is 5.92 Å². The first kappa shape index (κ1) is 20.0. The minimum atomic E-state index is 0.853. The molecule has 1 aliphatic carbocycles. The molecule has 2 rings (SSSR count). The molecule has 0 radical (unpaired) electrons. The highest BCUT2D eigenvalue weighted by molar-refractivity contribution is 5.27. The Morgan fingerprint density at radius 2 is 1.70 bits per heavy atom. The van der Waals surface area contributed by atoms with E-state index in [0.29, 0.717) is 0 Å². The van der Waals surface area contributed by atoms with Gasteiger partial charge in [-0.1, -0.05) is 64.5 Å². The molecule has 1 aromatic carbocycles. The predicted molar refractivity (Wildman–Crippen MR) is 99.3 cm³/mol. The summed E-state index contributed by atoms with van der Waals surface area (Å²) in [6, 6.07) is 8.42. The largest absolute Gasteiger partial charge is 0.494 e. The average molecular weight is 321 g/mol. The van der Waals surface area contributed by atoms with Crippen LogP contribution >= 0.6 is 0 Å². The van der Waals surface area contributed by atoms with Crippen molar-refractivity contribution >= 4 is 0 Å². The number of hydrogen-bond acceptors (Lipinski definition) is 2. The molecule has 2 heteroatoms. The molecule has 1 saturated carbocycles. The van der Waals surface area contributed by atoms with Gasteiger partial charge in [0.1, 0.15) is 5.75 Å². The zero-order valence-electron chi connectivity index (χ0n) is 15.5. The van der Waals surface area contributed by atoms with Gasteiger partial charge in [-0.15, -0.1) is 0 Å². The van der Waals surface area contributed by atoms with Crippen LogP contribution < -0.4 is 4.74 Å². The van der Waals surface area contributed by atoms with E-state index in [4.69, 9.17) is 9.47 Å². The molecular formula is C21H36O2. The van der Waals surface area contributed by atoms with Gasteiger partial charge in [0.25, 0.3) is 0 Å². The lowest BCUT2D eigenvalue weighted by molar-refractivity contribution is 0.154. The van der Waals surface area contributed by atoms with Crippen molar-refractivity contribution in [3.8, 4) is 5.75 Å². The quantitative estimate of drug-likeness (QED) is 0.490. The summed E-state index contributed by atoms with van der Waals surface area (Å²) in [4.78, 5) is 0. The van der Waals surface area contributed by atoms with Crippen LogP contribution in [0.25, 0.3) is 0 Å². The molecule has 0 amide bonds. The van der Waals surface area contributed by atoms with Crippen molar-refractivity contribution in [2.45, 2.75) is 71.6 Å². The molecule has 0 N–H and O–H groups in total. The summed E-state index contributed by atoms with van der Waals surface area (Å²) in [5, 5.41) is 0. The number of benzene rings is 1. The van der Waals surface area contributed by atoms with Crippen LogP contribution in [0.15, 0.2) is 24.3 Å². The molecule has 0 aliphatic heterocycles. The second-order valence-electron chi connectivity index (χ2n) is 6.49. The van der Waals surface area contributed by atoms with Crippen LogP contribution in [-0.4, -0.2) is 20.3 Å². The zero-order chi connectivity index (χ0) is 16.8. The van der Waals surface area contributed by atoms with Gasteiger partial charge in [-0.3, -0.25) is 0 Å². The number of rotatable bonds is 10. The molecular weight excluding hydrogens is 284 g/mol. The molecule has 132 valence electrons. The maximum absolute atomic E-state index is 5.65. The van der Waals surface area contributed by atoms with Gasteiger partial charge in [-0.25, -0.2) is 0 Å². The van der Waals surface area contributed by atoms with E-state index in [2.05, 4.69) is 38.1 Å². The number of ether oxygens (including phenoxy) is 2. The van der Waals surface area contributed by atoms with Crippen molar-refractivity contribution in [1.82, 2.24) is 0 Å². The van der Waals surface area contributed by atoms with E-state index in [1.807, 2.05) is 0 Å². The zero-order valence-corrected chi connectivity index (χ0v) is 15.5. The van der Waals surface area contributed by atoms with E-state index in [1.165, 1.54) is 56.9 Å². The van der Waals surface area contributed by atoms with Gasteiger partial charge >= 0.3 is 0 Å². The Labute approximate surface area is 143 Å². The van der Waals surface area contributed by atoms with E-state index >= 15 is 0 Å². The second kappa shape index (κ2) is 13.4. The summed E-state index contributed by atoms with van der Waals surface area (Å²) in [6.45, 7) is 6.21. The van der Waals surface area contributed by atoms with Crippen LogP contribution in [0.5, 0.6) is 5.75 Å². The molecule has 0 bridgehead atoms. The molecule has 1 fully saturated rings. The highest BCUT2D eigenvalue weighted by Crippen LogP contribution is 2.28. The third kappa shape index (κ3) is 9.65.